The summed E-state index contributed by atoms with van der Waals surface area (Å²) in [5, 5.41) is 5.54. The van der Waals surface area contributed by atoms with Crippen LogP contribution in [0.25, 0.3) is 0 Å². The average molecular weight is 628 g/mol. The van der Waals surface area contributed by atoms with Crippen molar-refractivity contribution in [2.45, 2.75) is 44.2 Å². The summed E-state index contributed by atoms with van der Waals surface area (Å²) in [6, 6.07) is 7.74. The SMILES string of the molecule is C[C@H]1C=C[C@]2(CC(CF)=NO2)[C@H]2CN1C(=O)c1c(OCc3ccccc3)c(=O)c(C(=O)NCc3ncc(F)c(Cl)c3F)cn12. The molecule has 6 rings (SSSR count). The molecule has 2 aromatic heterocycles. The number of hydrogen-bond donors (Lipinski definition) is 1. The highest BCUT2D eigenvalue weighted by atomic mass is 35.5. The van der Waals surface area contributed by atoms with Crippen molar-refractivity contribution in [1.29, 1.82) is 0 Å². The molecule has 3 atom stereocenters. The number of halogens is 4. The third kappa shape index (κ3) is 5.00. The van der Waals surface area contributed by atoms with Gasteiger partial charge < -0.3 is 24.4 Å². The molecule has 2 amide bonds. The Balaban J connectivity index is 1.45. The number of aromatic nitrogens is 2. The Hall–Kier alpha value is -4.65. The quantitative estimate of drug-likeness (QED) is 0.394. The largest absolute Gasteiger partial charge is 0.483 e. The number of ether oxygens (including phenoxy) is 1. The van der Waals surface area contributed by atoms with Crippen LogP contribution < -0.4 is 15.5 Å². The van der Waals surface area contributed by atoms with Gasteiger partial charge in [0, 0.05) is 25.2 Å². The first-order valence-corrected chi connectivity index (χ1v) is 14.0. The van der Waals surface area contributed by atoms with Crippen LogP contribution in [0.3, 0.4) is 0 Å². The summed E-state index contributed by atoms with van der Waals surface area (Å²) in [4.78, 5) is 52.2. The van der Waals surface area contributed by atoms with Gasteiger partial charge in [-0.15, -0.1) is 0 Å². The Morgan fingerprint density at radius 3 is 2.75 bits per heavy atom. The van der Waals surface area contributed by atoms with Gasteiger partial charge in [-0.05, 0) is 18.6 Å². The van der Waals surface area contributed by atoms with E-state index in [4.69, 9.17) is 21.2 Å². The van der Waals surface area contributed by atoms with E-state index in [1.807, 2.05) is 6.07 Å². The molecule has 2 bridgehead atoms. The topological polar surface area (TPSA) is 115 Å². The predicted molar refractivity (Wildman–Crippen MR) is 152 cm³/mol. The first-order chi connectivity index (χ1) is 21.1. The van der Waals surface area contributed by atoms with Crippen LogP contribution in [-0.4, -0.2) is 56.8 Å². The van der Waals surface area contributed by atoms with Crippen molar-refractivity contribution in [1.82, 2.24) is 19.8 Å². The lowest BCUT2D eigenvalue weighted by Crippen LogP contribution is -2.53. The minimum atomic E-state index is -1.22. The Kier molecular flexibility index (Phi) is 7.66. The fourth-order valence-electron chi connectivity index (χ4n) is 5.57. The summed E-state index contributed by atoms with van der Waals surface area (Å²) in [5.74, 6) is -4.05. The molecule has 1 N–H and O–H groups in total. The highest BCUT2D eigenvalue weighted by Gasteiger charge is 2.52. The van der Waals surface area contributed by atoms with Gasteiger partial charge in [-0.1, -0.05) is 53.2 Å². The number of hydrogen-bond acceptors (Lipinski definition) is 7. The molecule has 44 heavy (non-hydrogen) atoms. The van der Waals surface area contributed by atoms with Gasteiger partial charge in [-0.3, -0.25) is 19.4 Å². The van der Waals surface area contributed by atoms with Gasteiger partial charge in [0.2, 0.25) is 5.43 Å². The molecular formula is C30H25ClF3N5O5. The van der Waals surface area contributed by atoms with E-state index in [0.717, 1.165) is 0 Å². The van der Waals surface area contributed by atoms with Gasteiger partial charge in [0.1, 0.15) is 23.9 Å². The Morgan fingerprint density at radius 2 is 2.02 bits per heavy atom. The molecule has 1 spiro atoms. The zero-order valence-electron chi connectivity index (χ0n) is 23.2. The first kappa shape index (κ1) is 29.4. The number of alkyl halides is 1. The number of benzene rings is 1. The van der Waals surface area contributed by atoms with Gasteiger partial charge in [-0.25, -0.2) is 13.2 Å². The molecule has 10 nitrogen and oxygen atoms in total. The Bertz CT molecular complexity index is 1780. The lowest BCUT2D eigenvalue weighted by molar-refractivity contribution is -0.0317. The number of pyridine rings is 2. The molecule has 0 fully saturated rings. The molecule has 3 aromatic rings. The normalized spacial score (nSPS) is 21.9. The fraction of sp³-hybridized carbons (Fsp3) is 0.300. The molecule has 0 aliphatic carbocycles. The molecule has 5 heterocycles. The highest BCUT2D eigenvalue weighted by Crippen LogP contribution is 2.43. The Labute approximate surface area is 253 Å². The molecule has 0 saturated carbocycles. The van der Waals surface area contributed by atoms with Crippen molar-refractivity contribution in [3.8, 4) is 5.75 Å². The number of nitrogens with one attached hydrogen (secondary N) is 1. The number of carbonyl (C=O) groups is 2. The van der Waals surface area contributed by atoms with Crippen LogP contribution in [0.1, 0.15) is 51.5 Å². The maximum atomic E-state index is 14.5. The standard InChI is InChI=1S/C30H25ClF3N5O5/c1-16-7-8-30(9-18(10-32)37-44-30)22-14-38(16)29(42)25-27(43-15-17-5-3-2-4-6-17)26(40)19(13-39(22)25)28(41)36-12-21-24(34)23(31)20(33)11-35-21/h2-8,11,13,16,22H,9-10,12,14-15H2,1H3,(H,36,41)/t16-,22+,30-/m0/s1. The van der Waals surface area contributed by atoms with E-state index in [1.54, 1.807) is 48.2 Å². The molecule has 228 valence electrons. The van der Waals surface area contributed by atoms with Crippen LogP contribution >= 0.6 is 11.6 Å². The summed E-state index contributed by atoms with van der Waals surface area (Å²) in [7, 11) is 0. The van der Waals surface area contributed by atoms with Crippen LogP contribution in [0.2, 0.25) is 5.02 Å². The highest BCUT2D eigenvalue weighted by molar-refractivity contribution is 6.30. The Morgan fingerprint density at radius 1 is 1.25 bits per heavy atom. The summed E-state index contributed by atoms with van der Waals surface area (Å²) in [6.07, 6.45) is 5.48. The molecular weight excluding hydrogens is 603 g/mol. The number of fused-ring (bicyclic) bond motifs is 5. The number of amides is 2. The van der Waals surface area contributed by atoms with Crippen molar-refractivity contribution in [2.24, 2.45) is 5.16 Å². The van der Waals surface area contributed by atoms with Gasteiger partial charge in [-0.2, -0.15) is 0 Å². The van der Waals surface area contributed by atoms with Crippen LogP contribution in [0.4, 0.5) is 13.2 Å². The molecule has 1 aromatic carbocycles. The molecule has 0 unspecified atom stereocenters. The maximum absolute atomic E-state index is 14.5. The van der Waals surface area contributed by atoms with Gasteiger partial charge in [0.15, 0.2) is 28.7 Å². The van der Waals surface area contributed by atoms with Crippen molar-refractivity contribution < 1.29 is 32.3 Å². The van der Waals surface area contributed by atoms with Crippen LogP contribution in [0, 0.1) is 11.6 Å². The van der Waals surface area contributed by atoms with E-state index in [1.165, 1.54) is 10.8 Å². The fourth-order valence-corrected chi connectivity index (χ4v) is 5.73. The van der Waals surface area contributed by atoms with E-state index in [9.17, 15) is 27.6 Å². The van der Waals surface area contributed by atoms with E-state index in [-0.39, 0.29) is 42.4 Å². The van der Waals surface area contributed by atoms with E-state index in [2.05, 4.69) is 15.5 Å². The predicted octanol–water partition coefficient (Wildman–Crippen LogP) is 4.12. The van der Waals surface area contributed by atoms with Crippen molar-refractivity contribution in [3.05, 3.63) is 104 Å². The second kappa shape index (κ2) is 11.5. The van der Waals surface area contributed by atoms with Gasteiger partial charge in [0.25, 0.3) is 11.8 Å². The molecule has 0 radical (unpaired) electrons. The maximum Gasteiger partial charge on any atom is 0.275 e. The summed E-state index contributed by atoms with van der Waals surface area (Å²) < 4.78 is 49.1. The van der Waals surface area contributed by atoms with Crippen LogP contribution in [0.15, 0.2) is 64.8 Å². The smallest absolute Gasteiger partial charge is 0.275 e. The molecule has 14 heteroatoms. The second-order valence-corrected chi connectivity index (χ2v) is 11.1. The van der Waals surface area contributed by atoms with Crippen LogP contribution in [-0.2, 0) is 18.0 Å². The van der Waals surface area contributed by atoms with Crippen molar-refractivity contribution >= 4 is 29.1 Å². The molecule has 0 saturated heterocycles. The van der Waals surface area contributed by atoms with Crippen LogP contribution in [0.5, 0.6) is 5.75 Å². The van der Waals surface area contributed by atoms with E-state index >= 15 is 0 Å². The van der Waals surface area contributed by atoms with E-state index in [0.29, 0.717) is 11.8 Å². The number of rotatable bonds is 7. The number of carbonyl (C=O) groups excluding carboxylic acids is 2. The van der Waals surface area contributed by atoms with Crippen molar-refractivity contribution in [3.63, 3.8) is 0 Å². The monoisotopic (exact) mass is 627 g/mol. The minimum Gasteiger partial charge on any atom is -0.483 e. The second-order valence-electron chi connectivity index (χ2n) is 10.7. The average Bonchev–Trinajstić information content (AvgIpc) is 3.41. The number of nitrogens with zero attached hydrogens (tertiary/aromatic N) is 4. The van der Waals surface area contributed by atoms with Gasteiger partial charge >= 0.3 is 0 Å². The first-order valence-electron chi connectivity index (χ1n) is 13.7. The van der Waals surface area contributed by atoms with E-state index < -0.39 is 70.4 Å². The van der Waals surface area contributed by atoms with Crippen molar-refractivity contribution in [2.75, 3.05) is 13.2 Å². The molecule has 3 aliphatic heterocycles. The third-order valence-corrected chi connectivity index (χ3v) is 8.28. The summed E-state index contributed by atoms with van der Waals surface area (Å²) in [5.41, 5.74) is -2.13. The zero-order valence-corrected chi connectivity index (χ0v) is 24.0. The minimum absolute atomic E-state index is 0.0724. The van der Waals surface area contributed by atoms with Gasteiger partial charge in [0.05, 0.1) is 30.2 Å². The lowest BCUT2D eigenvalue weighted by Gasteiger charge is -2.42. The summed E-state index contributed by atoms with van der Waals surface area (Å²) >= 11 is 5.63. The third-order valence-electron chi connectivity index (χ3n) is 7.93. The number of oxime groups is 1. The molecule has 3 aliphatic rings. The lowest BCUT2D eigenvalue weighted by atomic mass is 9.87. The zero-order chi connectivity index (χ0) is 31.2. The summed E-state index contributed by atoms with van der Waals surface area (Å²) in [6.45, 7) is 0.434.